The molecule has 0 spiro atoms. The van der Waals surface area contributed by atoms with E-state index in [1.165, 1.54) is 16.8 Å². The zero-order valence-corrected chi connectivity index (χ0v) is 16.3. The molecule has 3 aromatic rings. The molecule has 150 valence electrons. The maximum Gasteiger partial charge on any atom is 0.231 e. The molecule has 0 amide bonds. The summed E-state index contributed by atoms with van der Waals surface area (Å²) >= 11 is 0. The van der Waals surface area contributed by atoms with Gasteiger partial charge in [-0.15, -0.1) is 0 Å². The Morgan fingerprint density at radius 1 is 0.964 bits per heavy atom. The number of hydrogen-bond acceptors (Lipinski definition) is 4. The van der Waals surface area contributed by atoms with Crippen molar-refractivity contribution in [3.8, 4) is 34.3 Å². The van der Waals surface area contributed by atoms with Gasteiger partial charge in [-0.3, -0.25) is 0 Å². The second-order valence-corrected chi connectivity index (χ2v) is 6.27. The third kappa shape index (κ3) is 3.07. The van der Waals surface area contributed by atoms with Gasteiger partial charge >= 0.3 is 0 Å². The number of hydrogen-bond donors (Lipinski definition) is 0. The number of halogens is 1. The minimum atomic E-state index is 0. The smallest absolute Gasteiger partial charge is 0.231 e. The third-order valence-corrected chi connectivity index (χ3v) is 5.00. The van der Waals surface area contributed by atoms with Crippen molar-refractivity contribution in [3.05, 3.63) is 42.1 Å². The highest BCUT2D eigenvalue weighted by Gasteiger charge is 2.28. The number of ether oxygens (including phenoxy) is 4. The summed E-state index contributed by atoms with van der Waals surface area (Å²) in [7, 11) is 3.34. The van der Waals surface area contributed by atoms with Gasteiger partial charge in [0, 0.05) is 12.5 Å². The molecule has 0 unspecified atom stereocenters. The summed E-state index contributed by atoms with van der Waals surface area (Å²) in [5.74, 6) is 3.18. The summed E-state index contributed by atoms with van der Waals surface area (Å²) in [6, 6.07) is 10.4. The molecular formula is C20H22ClNO6. The monoisotopic (exact) mass is 407 g/mol. The molecule has 7 nitrogen and oxygen atoms in total. The summed E-state index contributed by atoms with van der Waals surface area (Å²) in [5.41, 5.74) is 3.68. The van der Waals surface area contributed by atoms with Crippen molar-refractivity contribution >= 4 is 10.8 Å². The molecule has 3 heterocycles. The van der Waals surface area contributed by atoms with Gasteiger partial charge in [0.05, 0.1) is 25.2 Å². The minimum absolute atomic E-state index is 0. The molecule has 0 fully saturated rings. The lowest BCUT2D eigenvalue weighted by atomic mass is 9.95. The Kier molecular flexibility index (Phi) is 6.23. The summed E-state index contributed by atoms with van der Waals surface area (Å²) in [6.45, 7) is 1.21. The number of fused-ring (bicyclic) bond motifs is 5. The molecule has 5 rings (SSSR count). The van der Waals surface area contributed by atoms with Crippen LogP contribution in [0.15, 0.2) is 36.5 Å². The van der Waals surface area contributed by atoms with E-state index >= 15 is 0 Å². The van der Waals surface area contributed by atoms with E-state index in [2.05, 4.69) is 35.0 Å². The van der Waals surface area contributed by atoms with Gasteiger partial charge in [0.25, 0.3) is 0 Å². The number of pyridine rings is 1. The standard InChI is InChI=1S/C20H18NO4.ClH.2H2O/c1-22-17-4-3-12-7-16-14-9-19-18(24-11-25-19)8-13(14)5-6-21(16)10-15(12)20(17)23-2;;;/h3-4,7-10H,5-6,11H2,1-2H3;1H;2*1H2/q+1;;;/p-1. The van der Waals surface area contributed by atoms with Crippen LogP contribution in [0.25, 0.3) is 22.0 Å². The van der Waals surface area contributed by atoms with Crippen LogP contribution < -0.4 is 35.9 Å². The average Bonchev–Trinajstić information content (AvgIpc) is 3.11. The number of aryl methyl sites for hydroxylation is 2. The number of aromatic nitrogens is 1. The Hall–Kier alpha value is -2.74. The summed E-state index contributed by atoms with van der Waals surface area (Å²) in [6.07, 6.45) is 3.11. The molecule has 0 radical (unpaired) electrons. The highest BCUT2D eigenvalue weighted by Crippen LogP contribution is 2.41. The quantitative estimate of drug-likeness (QED) is 0.480. The van der Waals surface area contributed by atoms with E-state index in [1.807, 2.05) is 6.07 Å². The zero-order valence-electron chi connectivity index (χ0n) is 15.5. The fraction of sp³-hybridized carbons (Fsp3) is 0.250. The van der Waals surface area contributed by atoms with E-state index in [-0.39, 0.29) is 23.4 Å². The van der Waals surface area contributed by atoms with E-state index in [9.17, 15) is 0 Å². The number of rotatable bonds is 2. The number of methoxy groups -OCH3 is 2. The average molecular weight is 408 g/mol. The highest BCUT2D eigenvalue weighted by atomic mass is 35.5. The second-order valence-electron chi connectivity index (χ2n) is 6.27. The van der Waals surface area contributed by atoms with Gasteiger partial charge in [-0.1, -0.05) is 0 Å². The van der Waals surface area contributed by atoms with Crippen molar-refractivity contribution in [2.45, 2.75) is 13.0 Å². The fourth-order valence-corrected chi connectivity index (χ4v) is 3.77. The van der Waals surface area contributed by atoms with Crippen LogP contribution in [0, 0.1) is 0 Å². The zero-order chi connectivity index (χ0) is 17.0. The van der Waals surface area contributed by atoms with Crippen LogP contribution in [0.1, 0.15) is 5.56 Å². The van der Waals surface area contributed by atoms with Crippen molar-refractivity contribution in [3.63, 3.8) is 0 Å². The summed E-state index contributed by atoms with van der Waals surface area (Å²) in [5, 5.41) is 2.17. The Bertz CT molecular complexity index is 1020. The topological polar surface area (TPSA) is 104 Å². The van der Waals surface area contributed by atoms with Gasteiger partial charge in [0.2, 0.25) is 12.5 Å². The first-order valence-electron chi connectivity index (χ1n) is 8.29. The lowest BCUT2D eigenvalue weighted by Gasteiger charge is -2.17. The van der Waals surface area contributed by atoms with Gasteiger partial charge in [0.15, 0.2) is 35.7 Å². The van der Waals surface area contributed by atoms with Crippen molar-refractivity contribution < 1.29 is 46.9 Å². The Labute approximate surface area is 168 Å². The van der Waals surface area contributed by atoms with Gasteiger partial charge < -0.3 is 42.3 Å². The van der Waals surface area contributed by atoms with Gasteiger partial charge in [0.1, 0.15) is 0 Å². The molecule has 0 aliphatic carbocycles. The number of benzene rings is 2. The van der Waals surface area contributed by atoms with E-state index < -0.39 is 0 Å². The molecule has 1 aromatic heterocycles. The maximum absolute atomic E-state index is 5.60. The SMILES string of the molecule is COc1ccc2cc3[n+](cc2c1OC)CCc1cc2c(cc1-3)OCO2.O.O.[Cl-]. The lowest BCUT2D eigenvalue weighted by molar-refractivity contribution is -0.686. The normalized spacial score (nSPS) is 12.6. The predicted molar refractivity (Wildman–Crippen MR) is 99.7 cm³/mol. The van der Waals surface area contributed by atoms with E-state index in [0.29, 0.717) is 6.79 Å². The molecule has 0 saturated carbocycles. The first-order valence-corrected chi connectivity index (χ1v) is 8.29. The molecule has 2 aromatic carbocycles. The van der Waals surface area contributed by atoms with E-state index in [0.717, 1.165) is 46.7 Å². The highest BCUT2D eigenvalue weighted by molar-refractivity contribution is 5.91. The molecule has 0 saturated heterocycles. The Balaban J connectivity index is 0.000000934. The van der Waals surface area contributed by atoms with Crippen molar-refractivity contribution in [1.29, 1.82) is 0 Å². The summed E-state index contributed by atoms with van der Waals surface area (Å²) in [4.78, 5) is 0. The molecule has 0 atom stereocenters. The van der Waals surface area contributed by atoms with Gasteiger partial charge in [-0.2, -0.15) is 4.57 Å². The fourth-order valence-electron chi connectivity index (χ4n) is 3.77. The van der Waals surface area contributed by atoms with Crippen LogP contribution in [-0.2, 0) is 13.0 Å². The molecule has 2 aliphatic heterocycles. The Morgan fingerprint density at radius 2 is 1.71 bits per heavy atom. The first kappa shape index (κ1) is 21.6. The second kappa shape index (κ2) is 8.10. The largest absolute Gasteiger partial charge is 1.00 e. The van der Waals surface area contributed by atoms with Crippen LogP contribution in [0.4, 0.5) is 0 Å². The van der Waals surface area contributed by atoms with Gasteiger partial charge in [-0.05, 0) is 35.2 Å². The van der Waals surface area contributed by atoms with Crippen LogP contribution in [0.2, 0.25) is 0 Å². The van der Waals surface area contributed by atoms with Crippen molar-refractivity contribution in [1.82, 2.24) is 0 Å². The molecule has 4 N–H and O–H groups in total. The molecule has 0 bridgehead atoms. The molecule has 2 aliphatic rings. The van der Waals surface area contributed by atoms with E-state index in [1.54, 1.807) is 14.2 Å². The minimum Gasteiger partial charge on any atom is -1.00 e. The first-order chi connectivity index (χ1) is 12.3. The predicted octanol–water partition coefficient (Wildman–Crippen LogP) is -1.55. The van der Waals surface area contributed by atoms with Crippen LogP contribution in [-0.4, -0.2) is 32.0 Å². The third-order valence-electron chi connectivity index (χ3n) is 5.00. The van der Waals surface area contributed by atoms with Gasteiger partial charge in [-0.25, -0.2) is 0 Å². The maximum atomic E-state index is 5.60. The van der Waals surface area contributed by atoms with E-state index in [4.69, 9.17) is 18.9 Å². The van der Waals surface area contributed by atoms with Crippen LogP contribution in [0.5, 0.6) is 23.0 Å². The Morgan fingerprint density at radius 3 is 2.43 bits per heavy atom. The lowest BCUT2D eigenvalue weighted by Crippen LogP contribution is -3.00. The van der Waals surface area contributed by atoms with Crippen LogP contribution in [0.3, 0.4) is 0 Å². The number of nitrogens with zero attached hydrogens (tertiary/aromatic N) is 1. The van der Waals surface area contributed by atoms with Crippen LogP contribution >= 0.6 is 0 Å². The van der Waals surface area contributed by atoms with Crippen molar-refractivity contribution in [2.75, 3.05) is 21.0 Å². The molecule has 28 heavy (non-hydrogen) atoms. The van der Waals surface area contributed by atoms with Crippen molar-refractivity contribution in [2.24, 2.45) is 0 Å². The summed E-state index contributed by atoms with van der Waals surface area (Å²) < 4.78 is 24.4. The molecule has 8 heteroatoms. The molecular weight excluding hydrogens is 386 g/mol.